The van der Waals surface area contributed by atoms with Gasteiger partial charge in [-0.25, -0.2) is 4.79 Å². The summed E-state index contributed by atoms with van der Waals surface area (Å²) in [5.74, 6) is 0.0683. The predicted octanol–water partition coefficient (Wildman–Crippen LogP) is 4.49. The molecule has 0 saturated heterocycles. The average Bonchev–Trinajstić information content (AvgIpc) is 3.06. The number of rotatable bonds is 8. The zero-order chi connectivity index (χ0) is 22.6. The number of carbonyl (C=O) groups is 2. The Bertz CT molecular complexity index is 1080. The molecule has 0 aliphatic carbocycles. The smallest absolute Gasteiger partial charge is 0.342 e. The van der Waals surface area contributed by atoms with Crippen LogP contribution in [0.2, 0.25) is 0 Å². The first kappa shape index (κ1) is 22.3. The van der Waals surface area contributed by atoms with Gasteiger partial charge in [0, 0.05) is 5.54 Å². The molecule has 3 rings (SSSR count). The van der Waals surface area contributed by atoms with Gasteiger partial charge in [0.05, 0.1) is 11.3 Å². The van der Waals surface area contributed by atoms with E-state index in [1.807, 2.05) is 58.9 Å². The summed E-state index contributed by atoms with van der Waals surface area (Å²) in [4.78, 5) is 25.0. The number of amides is 1. The van der Waals surface area contributed by atoms with Crippen molar-refractivity contribution in [2.45, 2.75) is 53.2 Å². The molecule has 1 amide bonds. The minimum atomic E-state index is -0.621. The van der Waals surface area contributed by atoms with Crippen LogP contribution in [0.15, 0.2) is 40.9 Å². The first-order valence-electron chi connectivity index (χ1n) is 10.3. The van der Waals surface area contributed by atoms with Gasteiger partial charge >= 0.3 is 5.97 Å². The van der Waals surface area contributed by atoms with E-state index >= 15 is 0 Å². The van der Waals surface area contributed by atoms with Crippen molar-refractivity contribution in [1.82, 2.24) is 10.5 Å². The van der Waals surface area contributed by atoms with Crippen molar-refractivity contribution in [2.24, 2.45) is 0 Å². The van der Waals surface area contributed by atoms with E-state index in [0.29, 0.717) is 11.5 Å². The molecule has 31 heavy (non-hydrogen) atoms. The Hall–Kier alpha value is -3.35. The molecule has 0 aliphatic heterocycles. The van der Waals surface area contributed by atoms with Gasteiger partial charge in [-0.2, -0.15) is 0 Å². The molecule has 1 aromatic heterocycles. The van der Waals surface area contributed by atoms with Gasteiger partial charge in [-0.15, -0.1) is 0 Å². The third-order valence-corrected chi connectivity index (χ3v) is 5.32. The number of aromatic nitrogens is 1. The summed E-state index contributed by atoms with van der Waals surface area (Å²) in [5, 5.41) is 8.58. The van der Waals surface area contributed by atoms with E-state index in [1.165, 1.54) is 0 Å². The minimum Gasteiger partial charge on any atom is -0.488 e. The lowest BCUT2D eigenvalue weighted by atomic mass is 10.0. The molecule has 1 heterocycles. The number of benzene rings is 2. The molecule has 0 atom stereocenters. The maximum absolute atomic E-state index is 12.8. The molecule has 0 saturated carbocycles. The van der Waals surface area contributed by atoms with Crippen LogP contribution in [0.25, 0.3) is 10.8 Å². The minimum absolute atomic E-state index is 0.199. The largest absolute Gasteiger partial charge is 0.488 e. The highest BCUT2D eigenvalue weighted by atomic mass is 16.5. The van der Waals surface area contributed by atoms with Crippen LogP contribution in [-0.4, -0.2) is 29.2 Å². The summed E-state index contributed by atoms with van der Waals surface area (Å²) >= 11 is 0. The summed E-state index contributed by atoms with van der Waals surface area (Å²) in [6.45, 7) is 9.28. The topological polar surface area (TPSA) is 90.7 Å². The summed E-state index contributed by atoms with van der Waals surface area (Å²) in [5.41, 5.74) is 1.45. The van der Waals surface area contributed by atoms with Crippen molar-refractivity contribution >= 4 is 22.6 Å². The zero-order valence-corrected chi connectivity index (χ0v) is 18.6. The quantitative estimate of drug-likeness (QED) is 0.536. The van der Waals surface area contributed by atoms with Crippen LogP contribution in [0, 0.1) is 13.8 Å². The monoisotopic (exact) mass is 424 g/mol. The first-order valence-corrected chi connectivity index (χ1v) is 10.3. The van der Waals surface area contributed by atoms with E-state index in [2.05, 4.69) is 10.5 Å². The molecule has 0 radical (unpaired) electrons. The van der Waals surface area contributed by atoms with Crippen LogP contribution in [-0.2, 0) is 16.1 Å². The van der Waals surface area contributed by atoms with Gasteiger partial charge in [-0.1, -0.05) is 36.3 Å². The van der Waals surface area contributed by atoms with Crippen LogP contribution in [0.3, 0.4) is 0 Å². The number of nitrogens with one attached hydrogen (secondary N) is 1. The van der Waals surface area contributed by atoms with Crippen LogP contribution in [0.5, 0.6) is 5.75 Å². The van der Waals surface area contributed by atoms with E-state index < -0.39 is 5.97 Å². The van der Waals surface area contributed by atoms with E-state index in [9.17, 15) is 9.59 Å². The lowest BCUT2D eigenvalue weighted by Crippen LogP contribution is -2.44. The number of nitrogens with zero attached hydrogens (tertiary/aromatic N) is 1. The van der Waals surface area contributed by atoms with Crippen molar-refractivity contribution in [2.75, 3.05) is 6.61 Å². The molecule has 0 bridgehead atoms. The molecule has 2 aromatic carbocycles. The second-order valence-corrected chi connectivity index (χ2v) is 8.15. The molecule has 7 heteroatoms. The first-order chi connectivity index (χ1) is 14.7. The summed E-state index contributed by atoms with van der Waals surface area (Å²) < 4.78 is 16.4. The van der Waals surface area contributed by atoms with E-state index in [4.69, 9.17) is 14.0 Å². The van der Waals surface area contributed by atoms with Crippen LogP contribution in [0.1, 0.15) is 54.6 Å². The second-order valence-electron chi connectivity index (χ2n) is 8.15. The van der Waals surface area contributed by atoms with E-state index in [0.717, 1.165) is 28.5 Å². The predicted molar refractivity (Wildman–Crippen MR) is 117 cm³/mol. The molecule has 0 fully saturated rings. The number of carbonyl (C=O) groups excluding carboxylic acids is 2. The number of esters is 1. The Labute approximate surface area is 181 Å². The number of hydrogen-bond acceptors (Lipinski definition) is 6. The molecule has 0 aliphatic rings. The highest BCUT2D eigenvalue weighted by molar-refractivity contribution is 5.99. The maximum Gasteiger partial charge on any atom is 0.342 e. The number of hydrogen-bond donors (Lipinski definition) is 1. The SMILES string of the molecule is CCC(C)(C)NC(=O)COC(=O)c1cc2ccccc2cc1OCc1c(C)noc1C. The van der Waals surface area contributed by atoms with Gasteiger partial charge in [0.15, 0.2) is 6.61 Å². The summed E-state index contributed by atoms with van der Waals surface area (Å²) in [7, 11) is 0. The van der Waals surface area contributed by atoms with Gasteiger partial charge in [0.25, 0.3) is 5.91 Å². The molecule has 164 valence electrons. The number of fused-ring (bicyclic) bond motifs is 1. The number of aryl methyl sites for hydroxylation is 2. The lowest BCUT2D eigenvalue weighted by Gasteiger charge is -2.24. The van der Waals surface area contributed by atoms with Gasteiger partial charge in [0.2, 0.25) is 0 Å². The van der Waals surface area contributed by atoms with Crippen LogP contribution >= 0.6 is 0 Å². The van der Waals surface area contributed by atoms with Gasteiger partial charge < -0.3 is 19.3 Å². The third-order valence-electron chi connectivity index (χ3n) is 5.32. The third kappa shape index (κ3) is 5.42. The Morgan fingerprint density at radius 3 is 2.42 bits per heavy atom. The van der Waals surface area contributed by atoms with Crippen molar-refractivity contribution in [3.05, 3.63) is 59.0 Å². The Kier molecular flexibility index (Phi) is 6.63. The lowest BCUT2D eigenvalue weighted by molar-refractivity contribution is -0.125. The molecular weight excluding hydrogens is 396 g/mol. The van der Waals surface area contributed by atoms with Gasteiger partial charge in [-0.05, 0) is 57.0 Å². The molecule has 1 N–H and O–H groups in total. The Morgan fingerprint density at radius 1 is 1.13 bits per heavy atom. The fourth-order valence-electron chi connectivity index (χ4n) is 3.07. The highest BCUT2D eigenvalue weighted by Crippen LogP contribution is 2.28. The van der Waals surface area contributed by atoms with Crippen LogP contribution < -0.4 is 10.1 Å². The molecule has 3 aromatic rings. The normalized spacial score (nSPS) is 11.4. The average molecular weight is 424 g/mol. The van der Waals surface area contributed by atoms with Crippen LogP contribution in [0.4, 0.5) is 0 Å². The molecule has 0 spiro atoms. The standard InChI is InChI=1S/C24H28N2O5/c1-6-24(4,5)25-22(27)14-30-23(28)19-11-17-9-7-8-10-18(17)12-21(19)29-13-20-15(2)26-31-16(20)3/h7-12H,6,13-14H2,1-5H3,(H,25,27). The maximum atomic E-state index is 12.8. The van der Waals surface area contributed by atoms with E-state index in [1.54, 1.807) is 12.1 Å². The second kappa shape index (κ2) is 9.20. The molecular formula is C24H28N2O5. The van der Waals surface area contributed by atoms with Gasteiger partial charge in [0.1, 0.15) is 23.7 Å². The zero-order valence-electron chi connectivity index (χ0n) is 18.6. The Morgan fingerprint density at radius 2 is 1.81 bits per heavy atom. The Balaban J connectivity index is 1.81. The fraction of sp³-hybridized carbons (Fsp3) is 0.375. The summed E-state index contributed by atoms with van der Waals surface area (Å²) in [6, 6.07) is 11.2. The van der Waals surface area contributed by atoms with Crippen molar-refractivity contribution in [3.63, 3.8) is 0 Å². The van der Waals surface area contributed by atoms with Crippen molar-refractivity contribution in [3.8, 4) is 5.75 Å². The highest BCUT2D eigenvalue weighted by Gasteiger charge is 2.21. The summed E-state index contributed by atoms with van der Waals surface area (Å²) in [6.07, 6.45) is 0.761. The van der Waals surface area contributed by atoms with E-state index in [-0.39, 0.29) is 30.2 Å². The van der Waals surface area contributed by atoms with Crippen molar-refractivity contribution in [1.29, 1.82) is 0 Å². The molecule has 0 unspecified atom stereocenters. The molecule has 7 nitrogen and oxygen atoms in total. The van der Waals surface area contributed by atoms with Crippen molar-refractivity contribution < 1.29 is 23.6 Å². The fourth-order valence-corrected chi connectivity index (χ4v) is 3.07. The van der Waals surface area contributed by atoms with Gasteiger partial charge in [-0.3, -0.25) is 4.79 Å². The number of ether oxygens (including phenoxy) is 2.